The Morgan fingerprint density at radius 3 is 2.27 bits per heavy atom. The summed E-state index contributed by atoms with van der Waals surface area (Å²) in [7, 11) is 0. The number of benzene rings is 1. The number of hydrogen-bond donors (Lipinski definition) is 0. The summed E-state index contributed by atoms with van der Waals surface area (Å²) in [4.78, 5) is 13.3. The topological polar surface area (TPSA) is 81.0 Å². The molecule has 0 saturated heterocycles. The zero-order valence-corrected chi connectivity index (χ0v) is 12.7. The number of rotatable bonds is 3. The van der Waals surface area contributed by atoms with Gasteiger partial charge in [0, 0.05) is 36.3 Å². The Balaban J connectivity index is 0.000000346. The van der Waals surface area contributed by atoms with Crippen LogP contribution in [0.5, 0.6) is 0 Å². The highest BCUT2D eigenvalue weighted by molar-refractivity contribution is 5.80. The molecule has 1 aromatic carbocycles. The fraction of sp³-hybridized carbons (Fsp3) is 0.235. The van der Waals surface area contributed by atoms with Crippen LogP contribution in [0.25, 0.3) is 11.0 Å². The average Bonchev–Trinajstić information content (AvgIpc) is 2.55. The third-order valence-corrected chi connectivity index (χ3v) is 3.01. The molecule has 0 bridgehead atoms. The van der Waals surface area contributed by atoms with Crippen LogP contribution in [-0.4, -0.2) is 13.1 Å². The first-order valence-corrected chi connectivity index (χ1v) is 6.83. The zero-order chi connectivity index (χ0) is 16.5. The van der Waals surface area contributed by atoms with Gasteiger partial charge in [-0.2, -0.15) is 10.5 Å². The molecule has 112 valence electrons. The monoisotopic (exact) mass is 295 g/mol. The van der Waals surface area contributed by atoms with Crippen LogP contribution in [0.1, 0.15) is 13.8 Å². The van der Waals surface area contributed by atoms with E-state index in [0.717, 1.165) is 24.2 Å². The summed E-state index contributed by atoms with van der Waals surface area (Å²) in [6.07, 6.45) is 0. The SMILES string of the molecule is C=C(C#N)C#N.CCN(CC)c1ccc2ccc(=O)oc2c1. The van der Waals surface area contributed by atoms with Crippen LogP contribution in [0.15, 0.2) is 51.7 Å². The molecule has 0 aliphatic heterocycles. The third-order valence-electron chi connectivity index (χ3n) is 3.01. The molecular weight excluding hydrogens is 278 g/mol. The van der Waals surface area contributed by atoms with Crippen LogP contribution < -0.4 is 10.5 Å². The smallest absolute Gasteiger partial charge is 0.336 e. The molecule has 1 aromatic heterocycles. The molecule has 0 atom stereocenters. The van der Waals surface area contributed by atoms with E-state index in [4.69, 9.17) is 14.9 Å². The van der Waals surface area contributed by atoms with Crippen LogP contribution in [0.3, 0.4) is 0 Å². The Morgan fingerprint density at radius 2 is 1.77 bits per heavy atom. The van der Waals surface area contributed by atoms with Gasteiger partial charge in [-0.15, -0.1) is 0 Å². The lowest BCUT2D eigenvalue weighted by Crippen LogP contribution is -2.21. The van der Waals surface area contributed by atoms with Crippen LogP contribution in [0, 0.1) is 22.7 Å². The van der Waals surface area contributed by atoms with Crippen LogP contribution >= 0.6 is 0 Å². The second kappa shape index (κ2) is 8.28. The van der Waals surface area contributed by atoms with Crippen molar-refractivity contribution in [2.75, 3.05) is 18.0 Å². The predicted octanol–water partition coefficient (Wildman–Crippen LogP) is 3.23. The average molecular weight is 295 g/mol. The molecule has 0 amide bonds. The molecule has 0 spiro atoms. The Kier molecular flexibility index (Phi) is 6.40. The lowest BCUT2D eigenvalue weighted by molar-refractivity contribution is 0.561. The lowest BCUT2D eigenvalue weighted by Gasteiger charge is -2.20. The predicted molar refractivity (Wildman–Crippen MR) is 86.4 cm³/mol. The minimum atomic E-state index is -0.302. The third kappa shape index (κ3) is 4.50. The van der Waals surface area contributed by atoms with Crippen molar-refractivity contribution in [1.82, 2.24) is 0 Å². The Morgan fingerprint density at radius 1 is 1.18 bits per heavy atom. The van der Waals surface area contributed by atoms with E-state index < -0.39 is 0 Å². The highest BCUT2D eigenvalue weighted by atomic mass is 16.4. The van der Waals surface area contributed by atoms with Gasteiger partial charge in [0.1, 0.15) is 23.3 Å². The highest BCUT2D eigenvalue weighted by Gasteiger charge is 2.04. The molecule has 0 aliphatic rings. The number of hydrogen-bond acceptors (Lipinski definition) is 5. The first-order valence-electron chi connectivity index (χ1n) is 6.83. The molecule has 0 radical (unpaired) electrons. The van der Waals surface area contributed by atoms with Crippen molar-refractivity contribution in [1.29, 1.82) is 10.5 Å². The van der Waals surface area contributed by atoms with Gasteiger partial charge in [0.15, 0.2) is 0 Å². The van der Waals surface area contributed by atoms with Crippen molar-refractivity contribution >= 4 is 16.7 Å². The molecule has 0 N–H and O–H groups in total. The van der Waals surface area contributed by atoms with Crippen molar-refractivity contribution in [2.24, 2.45) is 0 Å². The first-order chi connectivity index (χ1) is 10.5. The quantitative estimate of drug-likeness (QED) is 0.641. The number of fused-ring (bicyclic) bond motifs is 1. The maximum absolute atomic E-state index is 11.1. The lowest BCUT2D eigenvalue weighted by atomic mass is 10.2. The maximum atomic E-state index is 11.1. The van der Waals surface area contributed by atoms with Crippen LogP contribution in [0.2, 0.25) is 0 Å². The van der Waals surface area contributed by atoms with Gasteiger partial charge in [0.2, 0.25) is 0 Å². The van der Waals surface area contributed by atoms with E-state index in [2.05, 4.69) is 31.4 Å². The van der Waals surface area contributed by atoms with Crippen molar-refractivity contribution in [2.45, 2.75) is 13.8 Å². The normalized spacial score (nSPS) is 9.09. The van der Waals surface area contributed by atoms with Gasteiger partial charge in [0.25, 0.3) is 0 Å². The summed E-state index contributed by atoms with van der Waals surface area (Å²) in [6.45, 7) is 9.17. The highest BCUT2D eigenvalue weighted by Crippen LogP contribution is 2.20. The van der Waals surface area contributed by atoms with E-state index in [9.17, 15) is 4.79 Å². The van der Waals surface area contributed by atoms with Crippen LogP contribution in [0.4, 0.5) is 5.69 Å². The van der Waals surface area contributed by atoms with Gasteiger partial charge in [0.05, 0.1) is 0 Å². The summed E-state index contributed by atoms with van der Waals surface area (Å²) in [5.74, 6) is 0. The maximum Gasteiger partial charge on any atom is 0.336 e. The molecule has 5 heteroatoms. The minimum absolute atomic E-state index is 0.0463. The van der Waals surface area contributed by atoms with E-state index in [0.29, 0.717) is 5.58 Å². The van der Waals surface area contributed by atoms with E-state index in [1.807, 2.05) is 12.1 Å². The molecule has 0 saturated carbocycles. The Bertz CT molecular complexity index is 774. The van der Waals surface area contributed by atoms with Crippen molar-refractivity contribution in [3.63, 3.8) is 0 Å². The molecule has 5 nitrogen and oxygen atoms in total. The van der Waals surface area contributed by atoms with Crippen molar-refractivity contribution in [3.05, 3.63) is 52.9 Å². The molecule has 22 heavy (non-hydrogen) atoms. The summed E-state index contributed by atoms with van der Waals surface area (Å²) < 4.78 is 5.16. The second-order valence-electron chi connectivity index (χ2n) is 4.35. The van der Waals surface area contributed by atoms with Crippen molar-refractivity contribution in [3.8, 4) is 12.1 Å². The van der Waals surface area contributed by atoms with Gasteiger partial charge in [-0.05, 0) is 32.0 Å². The largest absolute Gasteiger partial charge is 0.423 e. The zero-order valence-electron chi connectivity index (χ0n) is 12.7. The molecular formula is C17H17N3O2. The van der Waals surface area contributed by atoms with Gasteiger partial charge >= 0.3 is 5.63 Å². The Labute approximate surface area is 129 Å². The number of nitrogens with zero attached hydrogens (tertiary/aromatic N) is 3. The van der Waals surface area contributed by atoms with E-state index in [-0.39, 0.29) is 11.2 Å². The fourth-order valence-electron chi connectivity index (χ4n) is 1.86. The number of allylic oxidation sites excluding steroid dienone is 1. The van der Waals surface area contributed by atoms with Crippen LogP contribution in [-0.2, 0) is 0 Å². The second-order valence-corrected chi connectivity index (χ2v) is 4.35. The Hall–Kier alpha value is -3.05. The molecule has 1 heterocycles. The molecule has 2 aromatic rings. The van der Waals surface area contributed by atoms with E-state index in [1.165, 1.54) is 6.07 Å². The van der Waals surface area contributed by atoms with Gasteiger partial charge in [-0.3, -0.25) is 0 Å². The summed E-state index contributed by atoms with van der Waals surface area (Å²) in [5.41, 5.74) is 1.39. The standard InChI is InChI=1S/C13H15NO2.C4H2N2/c1-3-14(4-2)11-7-5-10-6-8-13(15)16-12(10)9-11;1-4(2-5)3-6/h5-9H,3-4H2,1-2H3;1H2. The van der Waals surface area contributed by atoms with E-state index >= 15 is 0 Å². The summed E-state index contributed by atoms with van der Waals surface area (Å²) in [5, 5.41) is 16.5. The van der Waals surface area contributed by atoms with E-state index in [1.54, 1.807) is 18.2 Å². The summed E-state index contributed by atoms with van der Waals surface area (Å²) >= 11 is 0. The molecule has 2 rings (SSSR count). The van der Waals surface area contributed by atoms with Crippen molar-refractivity contribution < 1.29 is 4.42 Å². The molecule has 0 fully saturated rings. The fourth-order valence-corrected chi connectivity index (χ4v) is 1.86. The van der Waals surface area contributed by atoms with Gasteiger partial charge < -0.3 is 9.32 Å². The summed E-state index contributed by atoms with van der Waals surface area (Å²) in [6, 6.07) is 12.3. The number of nitriles is 2. The minimum Gasteiger partial charge on any atom is -0.423 e. The molecule has 0 unspecified atom stereocenters. The van der Waals surface area contributed by atoms with Gasteiger partial charge in [-0.1, -0.05) is 6.58 Å². The van der Waals surface area contributed by atoms with Gasteiger partial charge in [-0.25, -0.2) is 4.79 Å². The first kappa shape index (κ1) is 17.0. The molecule has 0 aliphatic carbocycles. The number of anilines is 1.